The van der Waals surface area contributed by atoms with Crippen molar-refractivity contribution in [2.45, 2.75) is 121 Å². The molecule has 474 valence electrons. The largest absolute Gasteiger partial charge is 0.348 e. The number of carbonyl (C=O) groups is 3. The lowest BCUT2D eigenvalue weighted by molar-refractivity contribution is 0.0943. The Labute approximate surface area is 541 Å². The number of hydrogen-bond acceptors (Lipinski definition) is 6. The second-order valence-corrected chi connectivity index (χ2v) is 24.2. The molecule has 0 saturated heterocycles. The quantitative estimate of drug-likeness (QED) is 0.0590. The number of benzene rings is 6. The van der Waals surface area contributed by atoms with Crippen LogP contribution in [0.2, 0.25) is 0 Å². The van der Waals surface area contributed by atoms with Gasteiger partial charge < -0.3 is 44.6 Å². The van der Waals surface area contributed by atoms with E-state index in [1.165, 1.54) is 16.7 Å². The lowest BCUT2D eigenvalue weighted by Gasteiger charge is -2.18. The van der Waals surface area contributed by atoms with Crippen molar-refractivity contribution in [3.63, 3.8) is 0 Å². The van der Waals surface area contributed by atoms with E-state index in [2.05, 4.69) is 102 Å². The number of nitrogens with zero attached hydrogens (tertiary/aromatic N) is 3. The molecule has 6 aromatic carbocycles. The molecule has 0 aliphatic carbocycles. The highest BCUT2D eigenvalue weighted by molar-refractivity contribution is 6.10. The summed E-state index contributed by atoms with van der Waals surface area (Å²) < 4.78 is 6.64. The SMILES string of the molecule is Cc1cc(C)c(CNC(=O)c2c(C)n(C(C)c3ccccc3)c3ccccc23)c(=O)[nH]1.Cc1cc(C)c(CNC(=O)c2c(C)n(C(C)c3ccccc3)c3ccccc23)c(=O)[nH]1.Cc1cc(C)c(CNC(=O)c2c(C)n(C(C)c3ccccc3)c3ccccc23)c(=O)[nH]1. The van der Waals surface area contributed by atoms with Gasteiger partial charge in [-0.3, -0.25) is 28.8 Å². The molecule has 6 aromatic heterocycles. The Bertz CT molecular complexity index is 4440. The lowest BCUT2D eigenvalue weighted by atomic mass is 10.1. The van der Waals surface area contributed by atoms with E-state index in [9.17, 15) is 28.8 Å². The minimum Gasteiger partial charge on any atom is -0.348 e. The summed E-state index contributed by atoms with van der Waals surface area (Å²) in [6.07, 6.45) is 0. The molecule has 0 aliphatic rings. The molecule has 12 rings (SSSR count). The summed E-state index contributed by atoms with van der Waals surface area (Å²) in [5.41, 5.74) is 17.6. The zero-order chi connectivity index (χ0) is 66.4. The maximum Gasteiger partial charge on any atom is 0.254 e. The first-order valence-electron chi connectivity index (χ1n) is 31.5. The van der Waals surface area contributed by atoms with Crippen LogP contribution < -0.4 is 32.6 Å². The third-order valence-electron chi connectivity index (χ3n) is 17.9. The second-order valence-electron chi connectivity index (χ2n) is 24.2. The third-order valence-corrected chi connectivity index (χ3v) is 17.9. The Morgan fingerprint density at radius 3 is 0.806 bits per heavy atom. The van der Waals surface area contributed by atoms with Crippen LogP contribution in [0, 0.1) is 62.3 Å². The summed E-state index contributed by atoms with van der Waals surface area (Å²) in [6.45, 7) is 24.2. The first-order chi connectivity index (χ1) is 44.6. The van der Waals surface area contributed by atoms with Crippen molar-refractivity contribution in [3.8, 4) is 0 Å². The van der Waals surface area contributed by atoms with Crippen molar-refractivity contribution in [1.29, 1.82) is 0 Å². The van der Waals surface area contributed by atoms with Crippen LogP contribution >= 0.6 is 0 Å². The maximum atomic E-state index is 13.3. The van der Waals surface area contributed by atoms with Gasteiger partial charge in [-0.25, -0.2) is 0 Å². The van der Waals surface area contributed by atoms with E-state index in [0.717, 1.165) is 83.6 Å². The van der Waals surface area contributed by atoms with Gasteiger partial charge in [0.1, 0.15) is 0 Å². The summed E-state index contributed by atoms with van der Waals surface area (Å²) in [5.74, 6) is -0.522. The smallest absolute Gasteiger partial charge is 0.254 e. The Kier molecular flexibility index (Phi) is 19.7. The molecule has 3 atom stereocenters. The van der Waals surface area contributed by atoms with Crippen molar-refractivity contribution in [3.05, 3.63) is 314 Å². The predicted octanol–water partition coefficient (Wildman–Crippen LogP) is 14.4. The number of aromatic nitrogens is 6. The first kappa shape index (κ1) is 65.2. The number of aryl methyl sites for hydroxylation is 6. The van der Waals surface area contributed by atoms with E-state index in [1.807, 2.05) is 208 Å². The maximum absolute atomic E-state index is 13.3. The molecule has 6 heterocycles. The average Bonchev–Trinajstić information content (AvgIpc) is 1.63. The van der Waals surface area contributed by atoms with Crippen molar-refractivity contribution in [2.24, 2.45) is 0 Å². The Morgan fingerprint density at radius 1 is 0.344 bits per heavy atom. The normalized spacial score (nSPS) is 12.1. The van der Waals surface area contributed by atoms with Crippen LogP contribution in [0.15, 0.2) is 196 Å². The van der Waals surface area contributed by atoms with E-state index in [0.29, 0.717) is 33.4 Å². The number of aromatic amines is 3. The molecular formula is C78H81N9O6. The molecule has 0 fully saturated rings. The summed E-state index contributed by atoms with van der Waals surface area (Å²) >= 11 is 0. The molecule has 93 heavy (non-hydrogen) atoms. The molecule has 12 aromatic rings. The number of pyridine rings is 3. The Morgan fingerprint density at radius 2 is 0.570 bits per heavy atom. The average molecular weight is 1240 g/mol. The summed E-state index contributed by atoms with van der Waals surface area (Å²) in [6, 6.07) is 60.7. The predicted molar refractivity (Wildman–Crippen MR) is 374 cm³/mol. The molecule has 0 radical (unpaired) electrons. The summed E-state index contributed by atoms with van der Waals surface area (Å²) in [4.78, 5) is 85.3. The fourth-order valence-electron chi connectivity index (χ4n) is 13.2. The minimum atomic E-state index is -0.174. The number of H-pyrrole nitrogens is 3. The van der Waals surface area contributed by atoms with E-state index >= 15 is 0 Å². The van der Waals surface area contributed by atoms with Gasteiger partial charge in [-0.05, 0) is 153 Å². The monoisotopic (exact) mass is 1240 g/mol. The van der Waals surface area contributed by atoms with Gasteiger partial charge in [0.2, 0.25) is 0 Å². The summed E-state index contributed by atoms with van der Waals surface area (Å²) in [7, 11) is 0. The Balaban J connectivity index is 0.000000153. The van der Waals surface area contributed by atoms with Crippen molar-refractivity contribution < 1.29 is 14.4 Å². The zero-order valence-electron chi connectivity index (χ0n) is 55.0. The second kappa shape index (κ2) is 28.2. The fraction of sp³-hybridized carbons (Fsp3) is 0.231. The molecule has 3 amide bonds. The third kappa shape index (κ3) is 13.6. The molecule has 6 N–H and O–H groups in total. The van der Waals surface area contributed by atoms with Crippen molar-refractivity contribution >= 4 is 50.4 Å². The number of carbonyl (C=O) groups excluding carboxylic acids is 3. The van der Waals surface area contributed by atoms with Gasteiger partial charge in [0.15, 0.2) is 0 Å². The molecule has 0 aliphatic heterocycles. The van der Waals surface area contributed by atoms with E-state index in [1.54, 1.807) is 0 Å². The molecule has 0 saturated carbocycles. The van der Waals surface area contributed by atoms with Crippen LogP contribution in [-0.4, -0.2) is 46.4 Å². The van der Waals surface area contributed by atoms with Gasteiger partial charge in [-0.2, -0.15) is 0 Å². The standard InChI is InChI=1S/3C26H27N3O2/c3*1-16-14-17(2)28-25(30)22(16)15-27-26(31)24-19(4)29(23-13-9-8-12-21(23)24)18(3)20-10-6-5-7-11-20/h3*5-14,18H,15H2,1-4H3,(H,27,31)(H,28,30). The topological polar surface area (TPSA) is 201 Å². The molecule has 0 spiro atoms. The highest BCUT2D eigenvalue weighted by Crippen LogP contribution is 2.35. The van der Waals surface area contributed by atoms with Gasteiger partial charge in [0, 0.05) is 103 Å². The number of fused-ring (bicyclic) bond motifs is 3. The number of para-hydroxylation sites is 3. The molecular weight excluding hydrogens is 1160 g/mol. The number of rotatable bonds is 15. The van der Waals surface area contributed by atoms with Crippen molar-refractivity contribution in [2.75, 3.05) is 0 Å². The van der Waals surface area contributed by atoms with Crippen molar-refractivity contribution in [1.82, 2.24) is 44.6 Å². The minimum absolute atomic E-state index is 0.0786. The van der Waals surface area contributed by atoms with Gasteiger partial charge in [0.05, 0.1) is 34.8 Å². The van der Waals surface area contributed by atoms with E-state index in [4.69, 9.17) is 0 Å². The molecule has 3 unspecified atom stereocenters. The van der Waals surface area contributed by atoms with Crippen LogP contribution in [0.5, 0.6) is 0 Å². The summed E-state index contributed by atoms with van der Waals surface area (Å²) in [5, 5.41) is 11.6. The number of hydrogen-bond donors (Lipinski definition) is 6. The van der Waals surface area contributed by atoms with Gasteiger partial charge in [0.25, 0.3) is 34.4 Å². The number of amides is 3. The fourth-order valence-corrected chi connectivity index (χ4v) is 13.2. The highest BCUT2D eigenvalue weighted by atomic mass is 16.2. The van der Waals surface area contributed by atoms with E-state index < -0.39 is 0 Å². The number of nitrogens with one attached hydrogen (secondary N) is 6. The van der Waals surface area contributed by atoms with Crippen LogP contribution in [0.3, 0.4) is 0 Å². The zero-order valence-corrected chi connectivity index (χ0v) is 55.0. The van der Waals surface area contributed by atoms with E-state index in [-0.39, 0.29) is 72.2 Å². The van der Waals surface area contributed by atoms with Gasteiger partial charge in [-0.15, -0.1) is 0 Å². The lowest BCUT2D eigenvalue weighted by Crippen LogP contribution is -2.28. The van der Waals surface area contributed by atoms with Gasteiger partial charge in [-0.1, -0.05) is 146 Å². The van der Waals surface area contributed by atoms with Crippen LogP contribution in [-0.2, 0) is 19.6 Å². The first-order valence-corrected chi connectivity index (χ1v) is 31.5. The molecule has 0 bridgehead atoms. The van der Waals surface area contributed by atoms with Crippen LogP contribution in [0.1, 0.15) is 154 Å². The molecule has 15 heteroatoms. The highest BCUT2D eigenvalue weighted by Gasteiger charge is 2.27. The van der Waals surface area contributed by atoms with Crippen LogP contribution in [0.25, 0.3) is 32.7 Å². The molecule has 15 nitrogen and oxygen atoms in total. The van der Waals surface area contributed by atoms with Gasteiger partial charge >= 0.3 is 0 Å². The van der Waals surface area contributed by atoms with Crippen LogP contribution in [0.4, 0.5) is 0 Å². The Hall–Kier alpha value is -10.8.